The van der Waals surface area contributed by atoms with Crippen molar-refractivity contribution in [3.05, 3.63) is 0 Å². The van der Waals surface area contributed by atoms with Crippen LogP contribution in [0.2, 0.25) is 0 Å². The van der Waals surface area contributed by atoms with E-state index in [0.717, 1.165) is 0 Å². The monoisotopic (exact) mass is 287 g/mol. The van der Waals surface area contributed by atoms with Crippen molar-refractivity contribution in [1.29, 1.82) is 0 Å². The van der Waals surface area contributed by atoms with Gasteiger partial charge in [0.2, 0.25) is 0 Å². The van der Waals surface area contributed by atoms with Crippen molar-refractivity contribution < 1.29 is 189 Å². The van der Waals surface area contributed by atoms with E-state index in [-0.39, 0.29) is 154 Å². The Morgan fingerprint density at radius 3 is 0.500 bits per heavy atom. The number of hydrogen-bond acceptors (Lipinski definition) is 0. The number of halogens is 6. The normalized spacial score (nSPS) is 16.2. The van der Waals surface area contributed by atoms with Gasteiger partial charge in [-0.2, -0.15) is 0 Å². The van der Waals surface area contributed by atoms with Crippen LogP contribution >= 0.6 is 0 Å². The molecule has 0 aliphatic rings. The maximum Gasteiger partial charge on any atom is 1.00 e. The third-order valence-electron chi connectivity index (χ3n) is 0. The van der Waals surface area contributed by atoms with Gasteiger partial charge in [-0.1, -0.05) is 0 Å². The van der Waals surface area contributed by atoms with E-state index in [4.69, 9.17) is 0 Å². The van der Waals surface area contributed by atoms with Gasteiger partial charge in [0.05, 0.1) is 0 Å². The molecule has 0 saturated carbocycles. The number of rotatable bonds is 0. The van der Waals surface area contributed by atoms with E-state index >= 15 is 0 Å². The van der Waals surface area contributed by atoms with Gasteiger partial charge in [0.15, 0.2) is 0 Å². The molecular weight excluding hydrogens is 287 g/mol. The van der Waals surface area contributed by atoms with Gasteiger partial charge >= 0.3 is 189 Å². The molecule has 0 aliphatic heterocycles. The fraction of sp³-hybridized carbons (Fsp3) is 0. The molecule has 0 amide bonds. The molecule has 0 fully saturated rings. The second-order valence-electron chi connectivity index (χ2n) is 0.758. The first-order chi connectivity index (χ1) is 2.45. The maximum absolute atomic E-state index is 10.8. The third kappa shape index (κ3) is 74.8. The van der Waals surface area contributed by atoms with Gasteiger partial charge < -0.3 is 0 Å². The largest absolute Gasteiger partial charge is 1.00 e. The molecular formula is F6FeK3. The average Bonchev–Trinajstić information content (AvgIpc) is 0.592. The van der Waals surface area contributed by atoms with Crippen molar-refractivity contribution >= 4 is 0 Å². The Hall–Kier alpha value is 5.01. The van der Waals surface area contributed by atoms with E-state index < -0.39 is 13.5 Å². The summed E-state index contributed by atoms with van der Waals surface area (Å²) in [7, 11) is 0. The summed E-state index contributed by atoms with van der Waals surface area (Å²) in [4.78, 5) is 0. The van der Waals surface area contributed by atoms with E-state index in [9.17, 15) is 21.3 Å². The fourth-order valence-corrected chi connectivity index (χ4v) is 0. The molecule has 0 atom stereocenters. The molecule has 0 bridgehead atoms. The summed E-state index contributed by atoms with van der Waals surface area (Å²) in [5, 5.41) is 0. The summed E-state index contributed by atoms with van der Waals surface area (Å²) in [5.41, 5.74) is 0. The van der Waals surface area contributed by atoms with Crippen molar-refractivity contribution in [3.63, 3.8) is 0 Å². The molecule has 0 aromatic rings. The molecule has 0 aromatic heterocycles. The predicted octanol–water partition coefficient (Wildman–Crippen LogP) is -6.47. The zero-order chi connectivity index (χ0) is 6.41. The van der Waals surface area contributed by atoms with E-state index in [2.05, 4.69) is 0 Å². The predicted molar refractivity (Wildman–Crippen MR) is 6.65 cm³/mol. The first-order valence-corrected chi connectivity index (χ1v) is 3.31. The van der Waals surface area contributed by atoms with Gasteiger partial charge in [0.25, 0.3) is 0 Å². The second kappa shape index (κ2) is 5.92. The van der Waals surface area contributed by atoms with Gasteiger partial charge in [-0.25, -0.2) is 0 Å². The van der Waals surface area contributed by atoms with Gasteiger partial charge in [0, 0.05) is 0 Å². The van der Waals surface area contributed by atoms with Crippen LogP contribution in [0.1, 0.15) is 0 Å². The van der Waals surface area contributed by atoms with Crippen molar-refractivity contribution in [2.75, 3.05) is 0 Å². The molecule has 0 heterocycles. The van der Waals surface area contributed by atoms with Crippen molar-refractivity contribution in [2.24, 2.45) is 0 Å². The zero-order valence-corrected chi connectivity index (χ0v) is 16.1. The van der Waals surface area contributed by atoms with Gasteiger partial charge in [0.1, 0.15) is 0 Å². The molecule has 0 rings (SSSR count). The smallest absolute Gasteiger partial charge is 1.00 e. The summed E-state index contributed by atoms with van der Waals surface area (Å²) in [5.74, 6) is 0. The summed E-state index contributed by atoms with van der Waals surface area (Å²) >= 11 is -10.8. The molecule has 0 aromatic carbocycles. The maximum atomic E-state index is 9.88. The Kier molecular flexibility index (Phi) is 14.4. The van der Waals surface area contributed by atoms with E-state index in [1.165, 1.54) is 0 Å². The molecule has 0 saturated heterocycles. The topological polar surface area (TPSA) is 0 Å². The summed E-state index contributed by atoms with van der Waals surface area (Å²) in [6, 6.07) is 0. The Labute approximate surface area is 183 Å². The van der Waals surface area contributed by atoms with Crippen LogP contribution in [0.15, 0.2) is 0 Å². The molecule has 0 radical (unpaired) electrons. The molecule has 10 heteroatoms. The minimum atomic E-state index is -10.8. The Balaban J connectivity index is -0.0000000600. The van der Waals surface area contributed by atoms with Crippen LogP contribution in [-0.4, -0.2) is 0 Å². The Bertz CT molecular complexity index is 71.6. The van der Waals surface area contributed by atoms with Crippen LogP contribution in [0.25, 0.3) is 0 Å². The van der Waals surface area contributed by atoms with E-state index in [1.807, 2.05) is 0 Å². The molecule has 0 unspecified atom stereocenters. The van der Waals surface area contributed by atoms with Crippen LogP contribution in [0, 0.1) is 0 Å². The summed E-state index contributed by atoms with van der Waals surface area (Å²) < 4.78 is 59.2. The summed E-state index contributed by atoms with van der Waals surface area (Å²) in [6.07, 6.45) is 0. The number of hydrogen-bond donors (Lipinski definition) is 0. The first kappa shape index (κ1) is 24.3. The van der Waals surface area contributed by atoms with Crippen LogP contribution < -0.4 is 154 Å². The van der Waals surface area contributed by atoms with Gasteiger partial charge in [-0.05, 0) is 0 Å². The van der Waals surface area contributed by atoms with Crippen molar-refractivity contribution in [1.82, 2.24) is 0 Å². The van der Waals surface area contributed by atoms with Crippen molar-refractivity contribution in [2.45, 2.75) is 0 Å². The first-order valence-electron chi connectivity index (χ1n) is 0.802. The molecule has 0 aliphatic carbocycles. The van der Waals surface area contributed by atoms with Gasteiger partial charge in [-0.3, -0.25) is 0 Å². The van der Waals surface area contributed by atoms with Crippen LogP contribution in [0.4, 0.5) is 21.3 Å². The molecule has 0 spiro atoms. The van der Waals surface area contributed by atoms with E-state index in [1.54, 1.807) is 0 Å². The summed E-state index contributed by atoms with van der Waals surface area (Å²) in [6.45, 7) is 0. The minimum Gasteiger partial charge on any atom is 1.00 e. The van der Waals surface area contributed by atoms with Gasteiger partial charge in [-0.15, -0.1) is 0 Å². The quantitative estimate of drug-likeness (QED) is 0.307. The SMILES string of the molecule is [F][Fe-3]([F])([F])([F])([F])[F].[K+].[K+].[K+]. The second-order valence-corrected chi connectivity index (χ2v) is 3.12. The average molecular weight is 287 g/mol. The van der Waals surface area contributed by atoms with Crippen LogP contribution in [-0.2, 0) is 13.5 Å². The molecule has 0 N–H and O–H groups in total. The fourth-order valence-electron chi connectivity index (χ4n) is 0. The zero-order valence-electron chi connectivity index (χ0n) is 5.62. The van der Waals surface area contributed by atoms with Crippen molar-refractivity contribution in [3.8, 4) is 0 Å². The van der Waals surface area contributed by atoms with Crippen LogP contribution in [0.5, 0.6) is 0 Å². The minimum absolute atomic E-state index is 0. The molecule has 10 heavy (non-hydrogen) atoms. The molecule has 53 valence electrons. The Morgan fingerprint density at radius 1 is 0.500 bits per heavy atom. The van der Waals surface area contributed by atoms with Crippen LogP contribution in [0.3, 0.4) is 0 Å². The molecule has 0 nitrogen and oxygen atoms in total. The van der Waals surface area contributed by atoms with E-state index in [0.29, 0.717) is 0 Å². The Morgan fingerprint density at radius 2 is 0.500 bits per heavy atom. The standard InChI is InChI=1S/6FH.Fe.3K/h6*1H;;;;/q;;;;;;+3;3*+1/p-6. The third-order valence-corrected chi connectivity index (χ3v) is 0.